The lowest BCUT2D eigenvalue weighted by Gasteiger charge is -2.50. The van der Waals surface area contributed by atoms with Crippen molar-refractivity contribution in [3.63, 3.8) is 0 Å². The topological polar surface area (TPSA) is 59.3 Å². The number of aromatic nitrogens is 4. The highest BCUT2D eigenvalue weighted by Crippen LogP contribution is 2.42. The van der Waals surface area contributed by atoms with Crippen LogP contribution in [-0.4, -0.2) is 57.1 Å². The predicted molar refractivity (Wildman–Crippen MR) is 146 cm³/mol. The van der Waals surface area contributed by atoms with Gasteiger partial charge in [-0.05, 0) is 65.1 Å². The van der Waals surface area contributed by atoms with Crippen LogP contribution in [0, 0.1) is 5.92 Å². The molecule has 0 N–H and O–H groups in total. The van der Waals surface area contributed by atoms with Crippen molar-refractivity contribution in [2.45, 2.75) is 64.1 Å². The molecule has 1 saturated heterocycles. The minimum absolute atomic E-state index is 0.0178. The van der Waals surface area contributed by atoms with Crippen molar-refractivity contribution in [3.05, 3.63) is 69.8 Å². The number of hydrogen-bond acceptors (Lipinski definition) is 6. The van der Waals surface area contributed by atoms with Gasteiger partial charge in [0.15, 0.2) is 5.67 Å². The van der Waals surface area contributed by atoms with Gasteiger partial charge in [0.25, 0.3) is 5.95 Å². The number of ether oxygens (including phenoxy) is 1. The van der Waals surface area contributed by atoms with Crippen molar-refractivity contribution in [1.82, 2.24) is 25.1 Å². The van der Waals surface area contributed by atoms with Gasteiger partial charge >= 0.3 is 18.5 Å². The molecule has 1 aromatic heterocycles. The van der Waals surface area contributed by atoms with E-state index in [1.807, 2.05) is 0 Å². The van der Waals surface area contributed by atoms with E-state index in [0.29, 0.717) is 24.3 Å². The Morgan fingerprint density at radius 3 is 1.93 bits per heavy atom. The molecule has 0 amide bonds. The van der Waals surface area contributed by atoms with Crippen LogP contribution in [0.25, 0.3) is 0 Å². The number of rotatable bonds is 11. The Balaban J connectivity index is 1.79. The van der Waals surface area contributed by atoms with E-state index < -0.39 is 65.6 Å². The summed E-state index contributed by atoms with van der Waals surface area (Å²) in [4.78, 5) is 3.88. The fraction of sp³-hybridized carbons (Fsp3) is 0.552. The summed E-state index contributed by atoms with van der Waals surface area (Å²) in [5.41, 5.74) is -5.82. The van der Waals surface area contributed by atoms with Crippen LogP contribution >= 0.6 is 0 Å². The molecule has 3 aromatic rings. The van der Waals surface area contributed by atoms with Gasteiger partial charge in [0.2, 0.25) is 0 Å². The summed E-state index contributed by atoms with van der Waals surface area (Å²) < 4.78 is 144. The van der Waals surface area contributed by atoms with E-state index in [1.54, 1.807) is 25.7 Å². The molecule has 0 saturated carbocycles. The monoisotopic (exact) mass is 670 g/mol. The molecule has 46 heavy (non-hydrogen) atoms. The van der Waals surface area contributed by atoms with Crippen LogP contribution < -0.4 is 4.90 Å². The summed E-state index contributed by atoms with van der Waals surface area (Å²) in [6, 6.07) is 3.45. The SMILES string of the molecule is CCOCC1(F)CN(C(c2ccc(C(F)(F)F)cc2CN(Cc2cc(C(F)(F)F)cc(C(F)(F)F)c2)c2nnn(C)n2)C(C)C)C1. The van der Waals surface area contributed by atoms with Crippen molar-refractivity contribution in [2.75, 3.05) is 31.2 Å². The Bertz CT molecular complexity index is 1460. The zero-order chi connectivity index (χ0) is 34.2. The van der Waals surface area contributed by atoms with Gasteiger partial charge < -0.3 is 9.64 Å². The average Bonchev–Trinajstić information content (AvgIpc) is 3.35. The summed E-state index contributed by atoms with van der Waals surface area (Å²) in [5, 5.41) is 11.5. The number of halogens is 10. The first-order valence-electron chi connectivity index (χ1n) is 14.2. The molecule has 2 heterocycles. The fourth-order valence-corrected chi connectivity index (χ4v) is 5.57. The van der Waals surface area contributed by atoms with E-state index in [4.69, 9.17) is 4.74 Å². The van der Waals surface area contributed by atoms with Crippen LogP contribution in [0.5, 0.6) is 0 Å². The van der Waals surface area contributed by atoms with E-state index >= 15 is 4.39 Å². The Morgan fingerprint density at radius 1 is 0.870 bits per heavy atom. The number of likely N-dealkylation sites (tertiary alicyclic amines) is 1. The highest BCUT2D eigenvalue weighted by molar-refractivity contribution is 5.42. The molecule has 17 heteroatoms. The van der Waals surface area contributed by atoms with Crippen LogP contribution in [0.2, 0.25) is 0 Å². The molecule has 254 valence electrons. The molecule has 0 aliphatic carbocycles. The van der Waals surface area contributed by atoms with E-state index in [2.05, 4.69) is 15.4 Å². The molecule has 1 aliphatic heterocycles. The summed E-state index contributed by atoms with van der Waals surface area (Å²) in [6.07, 6.45) is -15.0. The number of benzene rings is 2. The summed E-state index contributed by atoms with van der Waals surface area (Å²) in [7, 11) is 1.36. The third kappa shape index (κ3) is 8.27. The first-order valence-corrected chi connectivity index (χ1v) is 14.2. The average molecular weight is 671 g/mol. The van der Waals surface area contributed by atoms with Crippen molar-refractivity contribution < 1.29 is 48.6 Å². The molecule has 1 aliphatic rings. The molecule has 0 spiro atoms. The first-order chi connectivity index (χ1) is 21.2. The van der Waals surface area contributed by atoms with Crippen LogP contribution in [-0.2, 0) is 43.4 Å². The lowest BCUT2D eigenvalue weighted by molar-refractivity contribution is -0.143. The van der Waals surface area contributed by atoms with E-state index in [-0.39, 0.29) is 43.2 Å². The van der Waals surface area contributed by atoms with Crippen molar-refractivity contribution in [2.24, 2.45) is 13.0 Å². The third-order valence-corrected chi connectivity index (χ3v) is 7.51. The Labute approximate surface area is 258 Å². The van der Waals surface area contributed by atoms with Gasteiger partial charge in [-0.15, -0.1) is 5.10 Å². The Kier molecular flexibility index (Phi) is 9.98. The minimum Gasteiger partial charge on any atom is -0.378 e. The third-order valence-electron chi connectivity index (χ3n) is 7.51. The molecular formula is C29H32F10N6O. The quantitative estimate of drug-likeness (QED) is 0.201. The maximum Gasteiger partial charge on any atom is 0.416 e. The number of anilines is 1. The predicted octanol–water partition coefficient (Wildman–Crippen LogP) is 7.23. The van der Waals surface area contributed by atoms with Gasteiger partial charge in [-0.25, -0.2) is 4.39 Å². The molecular weight excluding hydrogens is 638 g/mol. The zero-order valence-corrected chi connectivity index (χ0v) is 25.2. The second-order valence-corrected chi connectivity index (χ2v) is 11.6. The Hall–Kier alpha value is -3.47. The summed E-state index contributed by atoms with van der Waals surface area (Å²) in [5.74, 6) is -0.491. The molecule has 1 unspecified atom stereocenters. The van der Waals surface area contributed by atoms with Gasteiger partial charge in [0, 0.05) is 38.8 Å². The van der Waals surface area contributed by atoms with Crippen molar-refractivity contribution in [3.8, 4) is 0 Å². The van der Waals surface area contributed by atoms with Crippen LogP contribution in [0.3, 0.4) is 0 Å². The number of hydrogen-bond donors (Lipinski definition) is 0. The Morgan fingerprint density at radius 2 is 1.46 bits per heavy atom. The molecule has 7 nitrogen and oxygen atoms in total. The normalized spacial score (nSPS) is 16.5. The van der Waals surface area contributed by atoms with Gasteiger partial charge in [-0.2, -0.15) is 44.3 Å². The lowest BCUT2D eigenvalue weighted by atomic mass is 9.84. The molecule has 1 atom stereocenters. The van der Waals surface area contributed by atoms with Gasteiger partial charge in [0.05, 0.1) is 30.3 Å². The molecule has 2 aromatic carbocycles. The van der Waals surface area contributed by atoms with Crippen LogP contribution in [0.4, 0.5) is 49.9 Å². The van der Waals surface area contributed by atoms with Gasteiger partial charge in [0.1, 0.15) is 0 Å². The molecule has 4 rings (SSSR count). The zero-order valence-electron chi connectivity index (χ0n) is 25.2. The second-order valence-electron chi connectivity index (χ2n) is 11.6. The number of tetrazole rings is 1. The number of nitrogens with zero attached hydrogens (tertiary/aromatic N) is 6. The number of aryl methyl sites for hydroxylation is 1. The van der Waals surface area contributed by atoms with Crippen molar-refractivity contribution in [1.29, 1.82) is 0 Å². The molecule has 0 bridgehead atoms. The summed E-state index contributed by atoms with van der Waals surface area (Å²) >= 11 is 0. The van der Waals surface area contributed by atoms with E-state index in [9.17, 15) is 39.5 Å². The fourth-order valence-electron chi connectivity index (χ4n) is 5.57. The van der Waals surface area contributed by atoms with E-state index in [1.165, 1.54) is 13.1 Å². The smallest absolute Gasteiger partial charge is 0.378 e. The lowest BCUT2D eigenvalue weighted by Crippen LogP contribution is -2.62. The maximum atomic E-state index is 15.2. The van der Waals surface area contributed by atoms with Crippen LogP contribution in [0.1, 0.15) is 60.2 Å². The molecule has 1 fully saturated rings. The van der Waals surface area contributed by atoms with Crippen molar-refractivity contribution >= 4 is 5.95 Å². The van der Waals surface area contributed by atoms with Gasteiger partial charge in [-0.1, -0.05) is 25.0 Å². The standard InChI is InChI=1S/C29H32F10N6O/c1-5-46-16-26(30)14-45(15-26)24(17(2)3)23-7-6-20(27(31,32)33)10-19(23)13-44(25-40-42-43(4)41-25)12-18-8-21(28(34,35)36)11-22(9-18)29(37,38)39/h6-11,17,24H,5,12-16H2,1-4H3. The minimum atomic E-state index is -5.12. The van der Waals surface area contributed by atoms with Gasteiger partial charge in [-0.3, -0.25) is 4.90 Å². The maximum absolute atomic E-state index is 15.2. The highest BCUT2D eigenvalue weighted by atomic mass is 19.4. The molecule has 0 radical (unpaired) electrons. The first kappa shape index (κ1) is 35.4. The van der Waals surface area contributed by atoms with Crippen LogP contribution in [0.15, 0.2) is 36.4 Å². The largest absolute Gasteiger partial charge is 0.416 e. The second kappa shape index (κ2) is 13.0. The number of alkyl halides is 10. The highest BCUT2D eigenvalue weighted by Gasteiger charge is 2.48. The summed E-state index contributed by atoms with van der Waals surface area (Å²) in [6.45, 7) is 4.23. The van der Waals surface area contributed by atoms with E-state index in [0.717, 1.165) is 21.8 Å².